The smallest absolute Gasteiger partial charge is 0.160 e. The van der Waals surface area contributed by atoms with Gasteiger partial charge >= 0.3 is 0 Å². The molecule has 9 rings (SSSR count). The first-order chi connectivity index (χ1) is 24.8. The van der Waals surface area contributed by atoms with Crippen molar-refractivity contribution < 1.29 is 0 Å². The molecular formula is C47H31N3. The molecule has 0 aliphatic heterocycles. The van der Waals surface area contributed by atoms with Crippen LogP contribution < -0.4 is 0 Å². The molecule has 7 aromatic carbocycles. The van der Waals surface area contributed by atoms with E-state index in [-0.39, 0.29) is 0 Å². The Bertz CT molecular complexity index is 2540. The van der Waals surface area contributed by atoms with Gasteiger partial charge in [-0.2, -0.15) is 0 Å². The summed E-state index contributed by atoms with van der Waals surface area (Å²) >= 11 is 0. The zero-order chi connectivity index (χ0) is 33.3. The highest BCUT2D eigenvalue weighted by molar-refractivity contribution is 6.25. The molecule has 3 nitrogen and oxygen atoms in total. The monoisotopic (exact) mass is 637 g/mol. The standard InChI is InChI=1S/C47H31N3/c1-4-14-33(15-5-1)42-30-43(50-47(49-42)36-18-8-3-9-19-36)34-27-25-32(26-28-34)38-23-12-24-41-44(35-16-6-2-7-17-35)45(37-20-13-29-48-31-37)39-21-10-11-22-40(39)46(38)41/h1-31H. The van der Waals surface area contributed by atoms with Crippen LogP contribution in [0.15, 0.2) is 188 Å². The Hall–Kier alpha value is -6.71. The molecule has 0 saturated heterocycles. The molecule has 2 heterocycles. The third kappa shape index (κ3) is 5.32. The van der Waals surface area contributed by atoms with Crippen molar-refractivity contribution >= 4 is 21.5 Å². The van der Waals surface area contributed by atoms with Gasteiger partial charge < -0.3 is 0 Å². The molecule has 0 bridgehead atoms. The molecule has 0 radical (unpaired) electrons. The van der Waals surface area contributed by atoms with Crippen LogP contribution in [0.5, 0.6) is 0 Å². The fourth-order valence-electron chi connectivity index (χ4n) is 7.08. The summed E-state index contributed by atoms with van der Waals surface area (Å²) in [6.07, 6.45) is 3.81. The number of hydrogen-bond donors (Lipinski definition) is 0. The average molecular weight is 638 g/mol. The van der Waals surface area contributed by atoms with Gasteiger partial charge in [-0.05, 0) is 61.5 Å². The largest absolute Gasteiger partial charge is 0.264 e. The van der Waals surface area contributed by atoms with Crippen molar-refractivity contribution in [2.75, 3.05) is 0 Å². The molecule has 0 atom stereocenters. The van der Waals surface area contributed by atoms with Gasteiger partial charge in [0.2, 0.25) is 0 Å². The Morgan fingerprint density at radius 1 is 0.340 bits per heavy atom. The fourth-order valence-corrected chi connectivity index (χ4v) is 7.08. The van der Waals surface area contributed by atoms with E-state index in [1.807, 2.05) is 54.9 Å². The number of nitrogens with zero attached hydrogens (tertiary/aromatic N) is 3. The minimum atomic E-state index is 0.712. The predicted molar refractivity (Wildman–Crippen MR) is 207 cm³/mol. The molecule has 50 heavy (non-hydrogen) atoms. The summed E-state index contributed by atoms with van der Waals surface area (Å²) < 4.78 is 0. The summed E-state index contributed by atoms with van der Waals surface area (Å²) in [6.45, 7) is 0. The van der Waals surface area contributed by atoms with Gasteiger partial charge in [-0.25, -0.2) is 9.97 Å². The fraction of sp³-hybridized carbons (Fsp3) is 0. The molecule has 0 N–H and O–H groups in total. The summed E-state index contributed by atoms with van der Waals surface area (Å²) in [5, 5.41) is 4.88. The van der Waals surface area contributed by atoms with Gasteiger partial charge in [-0.15, -0.1) is 0 Å². The number of fused-ring (bicyclic) bond motifs is 3. The van der Waals surface area contributed by atoms with Crippen molar-refractivity contribution in [3.8, 4) is 67.3 Å². The summed E-state index contributed by atoms with van der Waals surface area (Å²) in [5.41, 5.74) is 11.9. The van der Waals surface area contributed by atoms with Gasteiger partial charge in [0.25, 0.3) is 0 Å². The number of rotatable bonds is 6. The maximum Gasteiger partial charge on any atom is 0.160 e. The topological polar surface area (TPSA) is 38.7 Å². The highest BCUT2D eigenvalue weighted by Gasteiger charge is 2.20. The van der Waals surface area contributed by atoms with Crippen LogP contribution in [0.4, 0.5) is 0 Å². The SMILES string of the molecule is c1ccc(-c2cc(-c3ccc(-c4cccc5c(-c6ccccc6)c(-c6cccnc6)c6ccccc6c45)cc3)nc(-c3ccccc3)n2)cc1. The van der Waals surface area contributed by atoms with E-state index in [1.165, 1.54) is 43.8 Å². The molecule has 0 fully saturated rings. The molecule has 0 saturated carbocycles. The molecule has 0 unspecified atom stereocenters. The lowest BCUT2D eigenvalue weighted by molar-refractivity contribution is 1.18. The highest BCUT2D eigenvalue weighted by atomic mass is 14.9. The molecule has 0 spiro atoms. The molecule has 2 aromatic heterocycles. The highest BCUT2D eigenvalue weighted by Crippen LogP contribution is 2.47. The Kier molecular flexibility index (Phi) is 7.49. The average Bonchev–Trinajstić information content (AvgIpc) is 3.21. The Balaban J connectivity index is 1.23. The molecular weight excluding hydrogens is 607 g/mol. The predicted octanol–water partition coefficient (Wildman–Crippen LogP) is 12.2. The van der Waals surface area contributed by atoms with E-state index in [2.05, 4.69) is 138 Å². The lowest BCUT2D eigenvalue weighted by Crippen LogP contribution is -1.96. The second-order valence-corrected chi connectivity index (χ2v) is 12.4. The van der Waals surface area contributed by atoms with E-state index in [1.54, 1.807) is 0 Å². The Morgan fingerprint density at radius 2 is 0.860 bits per heavy atom. The zero-order valence-electron chi connectivity index (χ0n) is 27.2. The lowest BCUT2D eigenvalue weighted by Gasteiger charge is -2.20. The maximum absolute atomic E-state index is 5.06. The third-order valence-corrected chi connectivity index (χ3v) is 9.38. The van der Waals surface area contributed by atoms with Gasteiger partial charge in [0.05, 0.1) is 11.4 Å². The van der Waals surface area contributed by atoms with Crippen LogP contribution in [-0.4, -0.2) is 15.0 Å². The summed E-state index contributed by atoms with van der Waals surface area (Å²) in [5.74, 6) is 0.712. The van der Waals surface area contributed by atoms with Crippen molar-refractivity contribution in [3.63, 3.8) is 0 Å². The van der Waals surface area contributed by atoms with Crippen LogP contribution in [0.3, 0.4) is 0 Å². The third-order valence-electron chi connectivity index (χ3n) is 9.38. The second-order valence-electron chi connectivity index (χ2n) is 12.4. The van der Waals surface area contributed by atoms with E-state index < -0.39 is 0 Å². The minimum Gasteiger partial charge on any atom is -0.264 e. The van der Waals surface area contributed by atoms with Crippen molar-refractivity contribution in [1.29, 1.82) is 0 Å². The molecule has 9 aromatic rings. The summed E-state index contributed by atoms with van der Waals surface area (Å²) in [6, 6.07) is 61.8. The van der Waals surface area contributed by atoms with Crippen molar-refractivity contribution in [2.24, 2.45) is 0 Å². The van der Waals surface area contributed by atoms with Gasteiger partial charge in [-0.1, -0.05) is 164 Å². The number of pyridine rings is 1. The minimum absolute atomic E-state index is 0.712. The van der Waals surface area contributed by atoms with E-state index >= 15 is 0 Å². The molecule has 0 aliphatic rings. The van der Waals surface area contributed by atoms with Crippen molar-refractivity contribution in [2.45, 2.75) is 0 Å². The van der Waals surface area contributed by atoms with Crippen molar-refractivity contribution in [3.05, 3.63) is 188 Å². The van der Waals surface area contributed by atoms with Crippen LogP contribution in [0.25, 0.3) is 88.8 Å². The quantitative estimate of drug-likeness (QED) is 0.170. The number of benzene rings is 7. The van der Waals surface area contributed by atoms with Crippen LogP contribution in [-0.2, 0) is 0 Å². The second kappa shape index (κ2) is 12.7. The zero-order valence-corrected chi connectivity index (χ0v) is 27.2. The molecule has 234 valence electrons. The van der Waals surface area contributed by atoms with Crippen molar-refractivity contribution in [1.82, 2.24) is 15.0 Å². The van der Waals surface area contributed by atoms with E-state index in [4.69, 9.17) is 9.97 Å². The molecule has 0 amide bonds. The van der Waals surface area contributed by atoms with E-state index in [9.17, 15) is 0 Å². The first-order valence-electron chi connectivity index (χ1n) is 16.9. The molecule has 0 aliphatic carbocycles. The summed E-state index contributed by atoms with van der Waals surface area (Å²) in [7, 11) is 0. The van der Waals surface area contributed by atoms with Gasteiger partial charge in [-0.3, -0.25) is 4.98 Å². The van der Waals surface area contributed by atoms with Gasteiger partial charge in [0.1, 0.15) is 0 Å². The van der Waals surface area contributed by atoms with Crippen LogP contribution in [0.2, 0.25) is 0 Å². The normalized spacial score (nSPS) is 11.2. The lowest BCUT2D eigenvalue weighted by atomic mass is 9.83. The summed E-state index contributed by atoms with van der Waals surface area (Å²) in [4.78, 5) is 14.6. The first-order valence-corrected chi connectivity index (χ1v) is 16.9. The number of aromatic nitrogens is 3. The van der Waals surface area contributed by atoms with Crippen LogP contribution in [0.1, 0.15) is 0 Å². The van der Waals surface area contributed by atoms with Gasteiger partial charge in [0, 0.05) is 34.6 Å². The molecule has 3 heteroatoms. The number of hydrogen-bond acceptors (Lipinski definition) is 3. The Morgan fingerprint density at radius 3 is 1.52 bits per heavy atom. The van der Waals surface area contributed by atoms with E-state index in [0.717, 1.165) is 39.2 Å². The first kappa shape index (κ1) is 29.4. The maximum atomic E-state index is 5.06. The van der Waals surface area contributed by atoms with E-state index in [0.29, 0.717) is 5.82 Å². The van der Waals surface area contributed by atoms with Crippen LogP contribution in [0, 0.1) is 0 Å². The van der Waals surface area contributed by atoms with Crippen LogP contribution >= 0.6 is 0 Å². The Labute approximate surface area is 291 Å². The van der Waals surface area contributed by atoms with Gasteiger partial charge in [0.15, 0.2) is 5.82 Å².